The van der Waals surface area contributed by atoms with Crippen LogP contribution in [0.3, 0.4) is 0 Å². The Morgan fingerprint density at radius 2 is 1.53 bits per heavy atom. The van der Waals surface area contributed by atoms with Crippen LogP contribution in [0.1, 0.15) is 41.0 Å². The molecule has 6 atom stereocenters. The number of halogens is 2. The number of hydrogen-bond donors (Lipinski definition) is 1. The summed E-state index contributed by atoms with van der Waals surface area (Å²) in [5.74, 6) is -5.01. The lowest BCUT2D eigenvalue weighted by Gasteiger charge is -2.55. The Morgan fingerprint density at radius 1 is 0.816 bits per heavy atom. The summed E-state index contributed by atoms with van der Waals surface area (Å²) in [5, 5.41) is 12.3. The number of benzene rings is 4. The number of aromatic hydroxyl groups is 1. The van der Waals surface area contributed by atoms with E-state index < -0.39 is 35.0 Å². The zero-order valence-corrected chi connectivity index (χ0v) is 28.0. The molecule has 4 aromatic carbocycles. The van der Waals surface area contributed by atoms with Crippen molar-refractivity contribution < 1.29 is 24.3 Å². The van der Waals surface area contributed by atoms with Crippen LogP contribution in [0.25, 0.3) is 5.57 Å². The Bertz CT molecular complexity index is 2140. The zero-order chi connectivity index (χ0) is 34.2. The van der Waals surface area contributed by atoms with Crippen LogP contribution in [-0.4, -0.2) is 28.5 Å². The summed E-state index contributed by atoms with van der Waals surface area (Å²) in [6.07, 6.45) is 3.84. The molecule has 1 N–H and O–H groups in total. The summed E-state index contributed by atoms with van der Waals surface area (Å²) in [4.78, 5) is 59.8. The van der Waals surface area contributed by atoms with Crippen molar-refractivity contribution in [1.29, 1.82) is 0 Å². The second kappa shape index (κ2) is 11.7. The molecular weight excluding hydrogens is 657 g/mol. The number of allylic oxidation sites excluding steroid dienone is 4. The molecule has 1 saturated heterocycles. The van der Waals surface area contributed by atoms with Crippen LogP contribution < -0.4 is 4.90 Å². The smallest absolute Gasteiger partial charge is 0.238 e. The number of carbonyl (C=O) groups excluding carboxylic acids is 4. The monoisotopic (exact) mass is 687 g/mol. The van der Waals surface area contributed by atoms with E-state index in [4.69, 9.17) is 23.2 Å². The van der Waals surface area contributed by atoms with Gasteiger partial charge in [-0.15, -0.1) is 0 Å². The molecule has 2 amide bonds. The fourth-order valence-electron chi connectivity index (χ4n) is 8.95. The minimum atomic E-state index is -1.45. The average Bonchev–Trinajstić information content (AvgIpc) is 3.37. The number of carbonyl (C=O) groups is 4. The van der Waals surface area contributed by atoms with E-state index in [9.17, 15) is 19.5 Å². The first-order valence-corrected chi connectivity index (χ1v) is 17.1. The molecule has 8 rings (SSSR count). The lowest BCUT2D eigenvalue weighted by Crippen LogP contribution is -2.58. The number of imide groups is 1. The summed E-state index contributed by atoms with van der Waals surface area (Å²) in [7, 11) is 0. The van der Waals surface area contributed by atoms with Crippen molar-refractivity contribution in [1.82, 2.24) is 0 Å². The normalized spacial score (nSPS) is 27.7. The van der Waals surface area contributed by atoms with Crippen molar-refractivity contribution >= 4 is 57.8 Å². The highest BCUT2D eigenvalue weighted by Crippen LogP contribution is 2.64. The molecule has 4 aliphatic rings. The van der Waals surface area contributed by atoms with Gasteiger partial charge in [0.2, 0.25) is 11.8 Å². The SMILES string of the molecule is Cc1ccc(N2C(=O)[C@H]3[C@H](CC=C4[C@H]3C[C@H]3C(=O)C(c5ccccc5)=CC(=O)[C@@]3(c3ccccc3)[C@H]4c3cc(Cl)ccc3O)C2=O)cc1Cl. The molecule has 6 nitrogen and oxygen atoms in total. The molecule has 1 saturated carbocycles. The highest BCUT2D eigenvalue weighted by atomic mass is 35.5. The Kier molecular flexibility index (Phi) is 7.50. The van der Waals surface area contributed by atoms with E-state index >= 15 is 4.79 Å². The average molecular weight is 689 g/mol. The third kappa shape index (κ3) is 4.61. The van der Waals surface area contributed by atoms with Crippen LogP contribution in [0.2, 0.25) is 10.0 Å². The van der Waals surface area contributed by atoms with E-state index in [0.29, 0.717) is 38.0 Å². The number of fused-ring (bicyclic) bond motifs is 4. The molecule has 2 fully saturated rings. The Balaban J connectivity index is 1.36. The van der Waals surface area contributed by atoms with Gasteiger partial charge in [0.25, 0.3) is 0 Å². The van der Waals surface area contributed by atoms with Gasteiger partial charge in [-0.25, -0.2) is 4.90 Å². The molecule has 49 heavy (non-hydrogen) atoms. The maximum absolute atomic E-state index is 15.1. The number of rotatable bonds is 4. The molecule has 0 spiro atoms. The fourth-order valence-corrected chi connectivity index (χ4v) is 9.31. The first-order chi connectivity index (χ1) is 23.6. The summed E-state index contributed by atoms with van der Waals surface area (Å²) >= 11 is 13.0. The molecule has 4 aromatic rings. The highest BCUT2D eigenvalue weighted by molar-refractivity contribution is 6.33. The highest BCUT2D eigenvalue weighted by Gasteiger charge is 2.66. The van der Waals surface area contributed by atoms with E-state index in [1.165, 1.54) is 17.0 Å². The zero-order valence-electron chi connectivity index (χ0n) is 26.5. The molecule has 1 heterocycles. The third-order valence-electron chi connectivity index (χ3n) is 11.1. The second-order valence-corrected chi connectivity index (χ2v) is 14.3. The van der Waals surface area contributed by atoms with Gasteiger partial charge in [-0.1, -0.05) is 102 Å². The number of phenols is 1. The Morgan fingerprint density at radius 3 is 2.24 bits per heavy atom. The summed E-state index contributed by atoms with van der Waals surface area (Å²) in [5.41, 5.74) is 2.48. The van der Waals surface area contributed by atoms with Crippen molar-refractivity contribution in [3.05, 3.63) is 147 Å². The quantitative estimate of drug-likeness (QED) is 0.173. The minimum absolute atomic E-state index is 0.0741. The van der Waals surface area contributed by atoms with E-state index in [1.807, 2.05) is 61.5 Å². The Hall–Kier alpha value is -4.78. The molecule has 244 valence electrons. The predicted molar refractivity (Wildman–Crippen MR) is 188 cm³/mol. The van der Waals surface area contributed by atoms with Gasteiger partial charge in [-0.05, 0) is 78.8 Å². The number of amides is 2. The van der Waals surface area contributed by atoms with Crippen molar-refractivity contribution in [3.63, 3.8) is 0 Å². The molecule has 0 radical (unpaired) electrons. The van der Waals surface area contributed by atoms with Crippen molar-refractivity contribution in [2.75, 3.05) is 4.90 Å². The van der Waals surface area contributed by atoms with E-state index in [0.717, 1.165) is 11.1 Å². The molecule has 0 bridgehead atoms. The van der Waals surface area contributed by atoms with Gasteiger partial charge in [-0.2, -0.15) is 0 Å². The minimum Gasteiger partial charge on any atom is -0.508 e. The van der Waals surface area contributed by atoms with Gasteiger partial charge in [-0.3, -0.25) is 19.2 Å². The van der Waals surface area contributed by atoms with Crippen molar-refractivity contribution in [2.24, 2.45) is 23.7 Å². The van der Waals surface area contributed by atoms with Gasteiger partial charge in [0.15, 0.2) is 11.6 Å². The number of anilines is 1. The van der Waals surface area contributed by atoms with E-state index in [-0.39, 0.29) is 42.0 Å². The topological polar surface area (TPSA) is 91.8 Å². The number of nitrogens with zero attached hydrogens (tertiary/aromatic N) is 1. The third-order valence-corrected chi connectivity index (χ3v) is 11.7. The van der Waals surface area contributed by atoms with Crippen LogP contribution in [0.5, 0.6) is 5.75 Å². The molecule has 3 aliphatic carbocycles. The molecule has 8 heteroatoms. The summed E-state index contributed by atoms with van der Waals surface area (Å²) in [6, 6.07) is 28.2. The Labute approximate surface area is 293 Å². The summed E-state index contributed by atoms with van der Waals surface area (Å²) in [6.45, 7) is 1.85. The van der Waals surface area contributed by atoms with Gasteiger partial charge in [0.05, 0.1) is 22.9 Å². The first-order valence-electron chi connectivity index (χ1n) is 16.4. The van der Waals surface area contributed by atoms with Gasteiger partial charge in [0.1, 0.15) is 5.75 Å². The van der Waals surface area contributed by atoms with Crippen LogP contribution in [0.15, 0.2) is 115 Å². The number of ketones is 2. The lowest BCUT2D eigenvalue weighted by molar-refractivity contribution is -0.135. The number of aryl methyl sites for hydroxylation is 1. The van der Waals surface area contributed by atoms with E-state index in [2.05, 4.69) is 0 Å². The second-order valence-electron chi connectivity index (χ2n) is 13.4. The predicted octanol–water partition coefficient (Wildman–Crippen LogP) is 8.04. The van der Waals surface area contributed by atoms with Gasteiger partial charge >= 0.3 is 0 Å². The van der Waals surface area contributed by atoms with Crippen LogP contribution in [0.4, 0.5) is 5.69 Å². The van der Waals surface area contributed by atoms with Crippen LogP contribution in [-0.2, 0) is 24.6 Å². The largest absolute Gasteiger partial charge is 0.508 e. The maximum Gasteiger partial charge on any atom is 0.238 e. The van der Waals surface area contributed by atoms with Crippen molar-refractivity contribution in [3.8, 4) is 5.75 Å². The number of hydrogen-bond acceptors (Lipinski definition) is 5. The van der Waals surface area contributed by atoms with Gasteiger partial charge < -0.3 is 5.11 Å². The first kappa shape index (κ1) is 31.5. The number of Topliss-reactive ketones (excluding diaryl/α,β-unsaturated/α-hetero) is 1. The molecule has 0 unspecified atom stereocenters. The fraction of sp³-hybridized carbons (Fsp3) is 0.220. The number of phenolic OH excluding ortho intramolecular Hbond substituents is 1. The van der Waals surface area contributed by atoms with Crippen molar-refractivity contribution in [2.45, 2.75) is 31.1 Å². The maximum atomic E-state index is 15.1. The van der Waals surface area contributed by atoms with Gasteiger partial charge in [0, 0.05) is 33.0 Å². The molecule has 1 aliphatic heterocycles. The van der Waals surface area contributed by atoms with Crippen LogP contribution in [0, 0.1) is 30.6 Å². The molecule has 0 aromatic heterocycles. The summed E-state index contributed by atoms with van der Waals surface area (Å²) < 4.78 is 0. The van der Waals surface area contributed by atoms with E-state index in [1.54, 1.807) is 42.5 Å². The molecular formula is C41H31Cl2NO5. The van der Waals surface area contributed by atoms with Crippen LogP contribution >= 0.6 is 23.2 Å². The lowest BCUT2D eigenvalue weighted by atomic mass is 9.44. The standard InChI is InChI=1S/C41H31Cl2NO5/c1-22-12-14-26(19-33(22)43)44-39(48)28-16-15-27-30(36(28)40(44)49)20-32-38(47)29(23-8-4-2-5-9-23)21-35(46)41(32,24-10-6-3-7-11-24)37(27)31-18-25(42)13-17-34(31)45/h2-15,17-19,21,28,30,32,36-37,45H,16,20H2,1H3/t28-,30+,32-,36-,37+,41-/m0/s1.